The number of hydrogen-bond acceptors (Lipinski definition) is 5. The number of amides is 2. The van der Waals surface area contributed by atoms with Crippen LogP contribution in [0.3, 0.4) is 0 Å². The predicted octanol–water partition coefficient (Wildman–Crippen LogP) is 3.17. The zero-order chi connectivity index (χ0) is 29.9. The predicted molar refractivity (Wildman–Crippen MR) is 166 cm³/mol. The Kier molecular flexibility index (Phi) is 10.7. The van der Waals surface area contributed by atoms with Gasteiger partial charge in [0, 0.05) is 37.7 Å². The van der Waals surface area contributed by atoms with Gasteiger partial charge in [-0.1, -0.05) is 79.7 Å². The molecule has 42 heavy (non-hydrogen) atoms. The zero-order valence-corrected chi connectivity index (χ0v) is 23.9. The first-order valence-corrected chi connectivity index (χ1v) is 14.3. The number of nitrogens with two attached hydrogens (primary N) is 1. The minimum absolute atomic E-state index is 0.0170. The van der Waals surface area contributed by atoms with Crippen LogP contribution in [0.4, 0.5) is 0 Å². The molecule has 9 heteroatoms. The maximum absolute atomic E-state index is 14.1. The number of rotatable bonds is 11. The Morgan fingerprint density at radius 1 is 1.10 bits per heavy atom. The van der Waals surface area contributed by atoms with Crippen LogP contribution in [-0.2, 0) is 9.59 Å². The van der Waals surface area contributed by atoms with E-state index in [0.29, 0.717) is 38.0 Å². The van der Waals surface area contributed by atoms with Crippen molar-refractivity contribution < 1.29 is 14.7 Å². The largest absolute Gasteiger partial charge is 0.508 e. The van der Waals surface area contributed by atoms with Crippen LogP contribution in [0.2, 0.25) is 0 Å². The standard InChI is InChI=1S/C33H40N6O3/c1-2-29(38-33(34)35)31-32(42)39(22-28(24-11-5-3-6-12-24)25-13-7-4-8-14-25)19-18-26(37-31)21-36-30(41)17-16-23-10-9-15-27(40)20-23/h3-17,20,26,28-29,31,37,40H,2,18-19,21-22H2,1H3,(H,36,41)(H4,34,35,38)/b17-16+/t26-,29?,31-/m0/s1. The molecule has 9 nitrogen and oxygen atoms in total. The lowest BCUT2D eigenvalue weighted by atomic mass is 9.90. The number of benzene rings is 3. The Morgan fingerprint density at radius 2 is 1.76 bits per heavy atom. The first-order chi connectivity index (χ1) is 20.3. The van der Waals surface area contributed by atoms with Crippen molar-refractivity contribution in [3.8, 4) is 5.75 Å². The second kappa shape index (κ2) is 14.8. The molecular formula is C33H40N6O3. The molecule has 0 radical (unpaired) electrons. The van der Waals surface area contributed by atoms with Crippen molar-refractivity contribution in [2.45, 2.75) is 43.8 Å². The fraction of sp³-hybridized carbons (Fsp3) is 0.303. The first-order valence-electron chi connectivity index (χ1n) is 14.3. The minimum Gasteiger partial charge on any atom is -0.508 e. The van der Waals surface area contributed by atoms with Gasteiger partial charge in [-0.3, -0.25) is 20.3 Å². The first kappa shape index (κ1) is 30.3. The molecule has 4 rings (SSSR count). The second-order valence-corrected chi connectivity index (χ2v) is 10.5. The number of nitrogens with zero attached hydrogens (tertiary/aromatic N) is 1. The Morgan fingerprint density at radius 3 is 2.36 bits per heavy atom. The van der Waals surface area contributed by atoms with Crippen molar-refractivity contribution in [1.29, 1.82) is 5.41 Å². The number of carbonyl (C=O) groups excluding carboxylic acids is 2. The summed E-state index contributed by atoms with van der Waals surface area (Å²) in [4.78, 5) is 28.6. The number of guanidine groups is 1. The van der Waals surface area contributed by atoms with Crippen molar-refractivity contribution in [3.05, 3.63) is 108 Å². The average molecular weight is 569 g/mol. The van der Waals surface area contributed by atoms with Gasteiger partial charge in [0.25, 0.3) is 0 Å². The molecule has 220 valence electrons. The van der Waals surface area contributed by atoms with Gasteiger partial charge in [0.2, 0.25) is 11.8 Å². The Hall–Kier alpha value is -4.63. The van der Waals surface area contributed by atoms with Crippen LogP contribution in [0.15, 0.2) is 91.0 Å². The summed E-state index contributed by atoms with van der Waals surface area (Å²) >= 11 is 0. The van der Waals surface area contributed by atoms with Crippen molar-refractivity contribution in [3.63, 3.8) is 0 Å². The smallest absolute Gasteiger partial charge is 0.244 e. The number of hydrogen-bond donors (Lipinski definition) is 6. The molecule has 0 aromatic heterocycles. The molecule has 1 fully saturated rings. The fourth-order valence-electron chi connectivity index (χ4n) is 5.36. The van der Waals surface area contributed by atoms with Gasteiger partial charge in [-0.15, -0.1) is 0 Å². The van der Waals surface area contributed by atoms with E-state index in [1.165, 1.54) is 6.08 Å². The topological polar surface area (TPSA) is 144 Å². The lowest BCUT2D eigenvalue weighted by Gasteiger charge is -2.32. The summed E-state index contributed by atoms with van der Waals surface area (Å²) in [5.41, 5.74) is 8.66. The molecule has 1 aliphatic rings. The number of phenolic OH excluding ortho intramolecular Hbond substituents is 1. The van der Waals surface area contributed by atoms with E-state index in [2.05, 4.69) is 40.2 Å². The van der Waals surface area contributed by atoms with Crippen LogP contribution >= 0.6 is 0 Å². The molecule has 0 spiro atoms. The fourth-order valence-corrected chi connectivity index (χ4v) is 5.36. The SMILES string of the molecule is CCC(NC(=N)N)[C@@H]1N[C@H](CNC(=O)/C=C/c2cccc(O)c2)CCN(CC(c2ccccc2)c2ccccc2)C1=O. The zero-order valence-electron chi connectivity index (χ0n) is 23.9. The van der Waals surface area contributed by atoms with Gasteiger partial charge >= 0.3 is 0 Å². The van der Waals surface area contributed by atoms with E-state index in [4.69, 9.17) is 11.1 Å². The van der Waals surface area contributed by atoms with Crippen LogP contribution in [0.25, 0.3) is 6.08 Å². The minimum atomic E-state index is -0.640. The highest BCUT2D eigenvalue weighted by atomic mass is 16.3. The molecule has 3 aromatic rings. The quantitative estimate of drug-likeness (QED) is 0.119. The van der Waals surface area contributed by atoms with Crippen LogP contribution < -0.4 is 21.7 Å². The molecule has 0 saturated carbocycles. The van der Waals surface area contributed by atoms with Crippen LogP contribution in [0.5, 0.6) is 5.75 Å². The summed E-state index contributed by atoms with van der Waals surface area (Å²) < 4.78 is 0. The molecule has 1 aliphatic heterocycles. The third-order valence-electron chi connectivity index (χ3n) is 7.55. The van der Waals surface area contributed by atoms with E-state index in [1.54, 1.807) is 30.3 Å². The van der Waals surface area contributed by atoms with E-state index in [-0.39, 0.29) is 35.5 Å². The van der Waals surface area contributed by atoms with Crippen molar-refractivity contribution in [2.24, 2.45) is 5.73 Å². The summed E-state index contributed by atoms with van der Waals surface area (Å²) in [6, 6.07) is 25.8. The van der Waals surface area contributed by atoms with Crippen LogP contribution in [0.1, 0.15) is 42.4 Å². The summed E-state index contributed by atoms with van der Waals surface area (Å²) in [6.45, 7) is 3.27. The van der Waals surface area contributed by atoms with E-state index >= 15 is 0 Å². The highest BCUT2D eigenvalue weighted by Crippen LogP contribution is 2.27. The van der Waals surface area contributed by atoms with E-state index in [1.807, 2.05) is 48.2 Å². The third kappa shape index (κ3) is 8.44. The van der Waals surface area contributed by atoms with Gasteiger partial charge in [-0.2, -0.15) is 0 Å². The van der Waals surface area contributed by atoms with Gasteiger partial charge in [0.1, 0.15) is 11.8 Å². The normalized spacial score (nSPS) is 18.0. The van der Waals surface area contributed by atoms with Gasteiger partial charge < -0.3 is 26.4 Å². The third-order valence-corrected chi connectivity index (χ3v) is 7.55. The molecule has 0 bridgehead atoms. The average Bonchev–Trinajstić information content (AvgIpc) is 3.15. The van der Waals surface area contributed by atoms with Gasteiger partial charge in [0.05, 0.1) is 6.04 Å². The van der Waals surface area contributed by atoms with E-state index in [0.717, 1.165) is 11.1 Å². The molecule has 0 aliphatic carbocycles. The van der Waals surface area contributed by atoms with Crippen LogP contribution in [-0.4, -0.2) is 65.5 Å². The number of phenols is 1. The highest BCUT2D eigenvalue weighted by Gasteiger charge is 2.37. The maximum atomic E-state index is 14.1. The number of carbonyl (C=O) groups is 2. The second-order valence-electron chi connectivity index (χ2n) is 10.5. The summed E-state index contributed by atoms with van der Waals surface area (Å²) in [7, 11) is 0. The molecule has 1 saturated heterocycles. The van der Waals surface area contributed by atoms with Crippen molar-refractivity contribution in [1.82, 2.24) is 20.9 Å². The van der Waals surface area contributed by atoms with Gasteiger partial charge in [-0.05, 0) is 47.7 Å². The van der Waals surface area contributed by atoms with Crippen molar-refractivity contribution >= 4 is 23.8 Å². The molecule has 3 atom stereocenters. The lowest BCUT2D eigenvalue weighted by molar-refractivity contribution is -0.133. The van der Waals surface area contributed by atoms with Crippen LogP contribution in [0, 0.1) is 5.41 Å². The van der Waals surface area contributed by atoms with Gasteiger partial charge in [0.15, 0.2) is 5.96 Å². The Balaban J connectivity index is 1.52. The monoisotopic (exact) mass is 568 g/mol. The molecule has 3 aromatic carbocycles. The molecule has 1 heterocycles. The van der Waals surface area contributed by atoms with E-state index in [9.17, 15) is 14.7 Å². The molecular weight excluding hydrogens is 528 g/mol. The molecule has 7 N–H and O–H groups in total. The Bertz CT molecular complexity index is 1320. The number of aromatic hydroxyl groups is 1. The lowest BCUT2D eigenvalue weighted by Crippen LogP contribution is -2.60. The number of nitrogens with one attached hydrogen (secondary N) is 4. The summed E-state index contributed by atoms with van der Waals surface area (Å²) in [5, 5.41) is 26.8. The summed E-state index contributed by atoms with van der Waals surface area (Å²) in [5.74, 6) is -0.416. The van der Waals surface area contributed by atoms with Crippen molar-refractivity contribution in [2.75, 3.05) is 19.6 Å². The summed E-state index contributed by atoms with van der Waals surface area (Å²) in [6.07, 6.45) is 4.27. The highest BCUT2D eigenvalue weighted by molar-refractivity contribution is 5.91. The van der Waals surface area contributed by atoms with E-state index < -0.39 is 12.1 Å². The Labute approximate surface area is 247 Å². The maximum Gasteiger partial charge on any atom is 0.244 e. The molecule has 2 amide bonds. The van der Waals surface area contributed by atoms with Gasteiger partial charge in [-0.25, -0.2) is 0 Å². The molecule has 1 unspecified atom stereocenters.